The molecule has 0 radical (unpaired) electrons. The number of carbonyl (C=O) groups excluding carboxylic acids is 2. The van der Waals surface area contributed by atoms with Crippen LogP contribution in [0.2, 0.25) is 0 Å². The molecule has 1 unspecified atom stereocenters. The van der Waals surface area contributed by atoms with E-state index in [1.807, 2.05) is 4.90 Å². The lowest BCUT2D eigenvalue weighted by atomic mass is 10.3. The van der Waals surface area contributed by atoms with E-state index in [0.29, 0.717) is 0 Å². The zero-order chi connectivity index (χ0) is 13.1. The van der Waals surface area contributed by atoms with Gasteiger partial charge in [0, 0.05) is 13.1 Å². The number of amides is 1. The lowest BCUT2D eigenvalue weighted by Gasteiger charge is -2.19. The summed E-state index contributed by atoms with van der Waals surface area (Å²) in [5.74, 6) is -0.623. The Morgan fingerprint density at radius 1 is 1.39 bits per heavy atom. The third kappa shape index (κ3) is 2.34. The lowest BCUT2D eigenvalue weighted by Crippen LogP contribution is -2.34. The number of methoxy groups -OCH3 is 1. The Morgan fingerprint density at radius 2 is 2.06 bits per heavy atom. The summed E-state index contributed by atoms with van der Waals surface area (Å²) >= 11 is 0. The number of likely N-dealkylation sites (tertiary alicyclic amines) is 1. The fourth-order valence-electron chi connectivity index (χ4n) is 1.96. The number of hydrogen-bond donors (Lipinski definition) is 0. The summed E-state index contributed by atoms with van der Waals surface area (Å²) in [7, 11) is 1.27. The summed E-state index contributed by atoms with van der Waals surface area (Å²) < 4.78 is 5.91. The van der Waals surface area contributed by atoms with Crippen molar-refractivity contribution in [3.8, 4) is 0 Å². The van der Waals surface area contributed by atoms with E-state index >= 15 is 0 Å². The van der Waals surface area contributed by atoms with Crippen LogP contribution < -0.4 is 0 Å². The molecule has 0 N–H and O–H groups in total. The molecule has 1 aromatic heterocycles. The van der Waals surface area contributed by atoms with Crippen molar-refractivity contribution in [1.82, 2.24) is 19.7 Å². The van der Waals surface area contributed by atoms with Gasteiger partial charge in [0.25, 0.3) is 5.82 Å². The SMILES string of the molecule is COC(=O)c1ncn(C(C)C(=O)N2CCCC2)n1. The molecule has 0 aliphatic carbocycles. The van der Waals surface area contributed by atoms with Crippen molar-refractivity contribution in [1.29, 1.82) is 0 Å². The minimum atomic E-state index is -0.602. The third-order valence-electron chi connectivity index (χ3n) is 3.05. The van der Waals surface area contributed by atoms with E-state index in [4.69, 9.17) is 0 Å². The summed E-state index contributed by atoms with van der Waals surface area (Å²) in [4.78, 5) is 29.0. The van der Waals surface area contributed by atoms with Crippen molar-refractivity contribution >= 4 is 11.9 Å². The molecule has 18 heavy (non-hydrogen) atoms. The molecular weight excluding hydrogens is 236 g/mol. The minimum Gasteiger partial charge on any atom is -0.463 e. The van der Waals surface area contributed by atoms with E-state index in [1.165, 1.54) is 18.1 Å². The zero-order valence-electron chi connectivity index (χ0n) is 10.5. The molecule has 1 amide bonds. The van der Waals surface area contributed by atoms with Crippen LogP contribution in [0.1, 0.15) is 36.4 Å². The monoisotopic (exact) mass is 252 g/mol. The standard InChI is InChI=1S/C11H16N4O3/c1-8(10(16)14-5-3-4-6-14)15-7-12-9(13-15)11(17)18-2/h7-8H,3-6H2,1-2H3. The quantitative estimate of drug-likeness (QED) is 0.720. The van der Waals surface area contributed by atoms with Gasteiger partial charge in [0.2, 0.25) is 5.91 Å². The average molecular weight is 252 g/mol. The van der Waals surface area contributed by atoms with Crippen LogP contribution in [0.4, 0.5) is 0 Å². The summed E-state index contributed by atoms with van der Waals surface area (Å²) in [6.45, 7) is 3.33. The molecule has 1 aliphatic rings. The Bertz CT molecular complexity index is 451. The van der Waals surface area contributed by atoms with E-state index in [-0.39, 0.29) is 11.7 Å². The molecule has 7 heteroatoms. The third-order valence-corrected chi connectivity index (χ3v) is 3.05. The first-order valence-electron chi connectivity index (χ1n) is 5.91. The van der Waals surface area contributed by atoms with E-state index < -0.39 is 12.0 Å². The van der Waals surface area contributed by atoms with Crippen LogP contribution in [0.15, 0.2) is 6.33 Å². The maximum atomic E-state index is 12.1. The first-order chi connectivity index (χ1) is 8.63. The summed E-state index contributed by atoms with van der Waals surface area (Å²) in [6.07, 6.45) is 3.47. The van der Waals surface area contributed by atoms with Crippen molar-refractivity contribution < 1.29 is 14.3 Å². The van der Waals surface area contributed by atoms with Crippen LogP contribution >= 0.6 is 0 Å². The Hall–Kier alpha value is -1.92. The molecule has 98 valence electrons. The Balaban J connectivity index is 2.08. The second kappa shape index (κ2) is 5.16. The summed E-state index contributed by atoms with van der Waals surface area (Å²) in [5.41, 5.74) is 0. The Kier molecular flexibility index (Phi) is 3.59. The van der Waals surface area contributed by atoms with Crippen LogP contribution in [-0.4, -0.2) is 51.7 Å². The van der Waals surface area contributed by atoms with Gasteiger partial charge in [-0.1, -0.05) is 0 Å². The van der Waals surface area contributed by atoms with Gasteiger partial charge in [-0.25, -0.2) is 14.5 Å². The molecule has 0 bridgehead atoms. The van der Waals surface area contributed by atoms with Crippen molar-refractivity contribution in [3.05, 3.63) is 12.2 Å². The first kappa shape index (κ1) is 12.5. The van der Waals surface area contributed by atoms with E-state index in [0.717, 1.165) is 25.9 Å². The molecule has 1 atom stereocenters. The van der Waals surface area contributed by atoms with Crippen molar-refractivity contribution in [2.24, 2.45) is 0 Å². The number of ether oxygens (including phenoxy) is 1. The van der Waals surface area contributed by atoms with Crippen LogP contribution in [-0.2, 0) is 9.53 Å². The summed E-state index contributed by atoms with van der Waals surface area (Å²) in [6, 6.07) is -0.450. The van der Waals surface area contributed by atoms with Gasteiger partial charge in [0.05, 0.1) is 7.11 Å². The largest absolute Gasteiger partial charge is 0.463 e. The maximum absolute atomic E-state index is 12.1. The number of rotatable bonds is 3. The molecule has 1 aromatic rings. The normalized spacial score (nSPS) is 16.7. The van der Waals surface area contributed by atoms with Gasteiger partial charge in [-0.05, 0) is 19.8 Å². The summed E-state index contributed by atoms with van der Waals surface area (Å²) in [5, 5.41) is 3.96. The molecule has 0 aromatic carbocycles. The molecule has 2 heterocycles. The maximum Gasteiger partial charge on any atom is 0.377 e. The van der Waals surface area contributed by atoms with Crippen molar-refractivity contribution in [2.75, 3.05) is 20.2 Å². The average Bonchev–Trinajstić information content (AvgIpc) is 3.06. The predicted octanol–water partition coefficient (Wildman–Crippen LogP) is 0.248. The molecule has 7 nitrogen and oxygen atoms in total. The number of carbonyl (C=O) groups is 2. The number of esters is 1. The van der Waals surface area contributed by atoms with Gasteiger partial charge in [0.1, 0.15) is 12.4 Å². The Labute approximate surface area is 105 Å². The first-order valence-corrected chi connectivity index (χ1v) is 5.91. The van der Waals surface area contributed by atoms with Gasteiger partial charge in [-0.15, -0.1) is 5.10 Å². The highest BCUT2D eigenvalue weighted by atomic mass is 16.5. The van der Waals surface area contributed by atoms with Crippen LogP contribution in [0.25, 0.3) is 0 Å². The second-order valence-electron chi connectivity index (χ2n) is 4.25. The molecule has 1 aliphatic heterocycles. The lowest BCUT2D eigenvalue weighted by molar-refractivity contribution is -0.133. The zero-order valence-corrected chi connectivity index (χ0v) is 10.5. The molecule has 1 saturated heterocycles. The Morgan fingerprint density at radius 3 is 2.67 bits per heavy atom. The number of hydrogen-bond acceptors (Lipinski definition) is 5. The molecule has 0 saturated carbocycles. The predicted molar refractivity (Wildman–Crippen MR) is 61.9 cm³/mol. The van der Waals surface area contributed by atoms with Gasteiger partial charge in [-0.2, -0.15) is 0 Å². The smallest absolute Gasteiger partial charge is 0.377 e. The van der Waals surface area contributed by atoms with Crippen LogP contribution in [0.5, 0.6) is 0 Å². The topological polar surface area (TPSA) is 77.3 Å². The molecular formula is C11H16N4O3. The number of nitrogens with zero attached hydrogens (tertiary/aromatic N) is 4. The highest BCUT2D eigenvalue weighted by molar-refractivity contribution is 5.85. The van der Waals surface area contributed by atoms with Crippen LogP contribution in [0, 0.1) is 0 Å². The van der Waals surface area contributed by atoms with Gasteiger partial charge in [0.15, 0.2) is 0 Å². The fraction of sp³-hybridized carbons (Fsp3) is 0.636. The number of aromatic nitrogens is 3. The van der Waals surface area contributed by atoms with E-state index in [1.54, 1.807) is 6.92 Å². The van der Waals surface area contributed by atoms with Crippen molar-refractivity contribution in [3.63, 3.8) is 0 Å². The molecule has 2 rings (SSSR count). The van der Waals surface area contributed by atoms with Crippen molar-refractivity contribution in [2.45, 2.75) is 25.8 Å². The van der Waals surface area contributed by atoms with Gasteiger partial charge < -0.3 is 9.64 Å². The molecule has 1 fully saturated rings. The fourth-order valence-corrected chi connectivity index (χ4v) is 1.96. The highest BCUT2D eigenvalue weighted by Gasteiger charge is 2.25. The second-order valence-corrected chi connectivity index (χ2v) is 4.25. The van der Waals surface area contributed by atoms with E-state index in [2.05, 4.69) is 14.8 Å². The highest BCUT2D eigenvalue weighted by Crippen LogP contribution is 2.14. The van der Waals surface area contributed by atoms with Gasteiger partial charge in [-0.3, -0.25) is 4.79 Å². The minimum absolute atomic E-state index is 0.00816. The van der Waals surface area contributed by atoms with E-state index in [9.17, 15) is 9.59 Å². The van der Waals surface area contributed by atoms with Crippen LogP contribution in [0.3, 0.4) is 0 Å². The van der Waals surface area contributed by atoms with Gasteiger partial charge >= 0.3 is 5.97 Å². The molecule has 0 spiro atoms.